The minimum Gasteiger partial charge on any atom is -0.317 e. The van der Waals surface area contributed by atoms with Crippen LogP contribution in [0.5, 0.6) is 0 Å². The summed E-state index contributed by atoms with van der Waals surface area (Å²) in [6.07, 6.45) is 4.75. The lowest BCUT2D eigenvalue weighted by Crippen LogP contribution is -2.52. The fourth-order valence-corrected chi connectivity index (χ4v) is 2.30. The molecule has 1 aromatic heterocycles. The Kier molecular flexibility index (Phi) is 2.97. The van der Waals surface area contributed by atoms with Crippen LogP contribution in [0.1, 0.15) is 32.1 Å². The first-order valence-electron chi connectivity index (χ1n) is 5.07. The molecule has 1 aromatic rings. The van der Waals surface area contributed by atoms with E-state index in [9.17, 15) is 4.79 Å². The number of carbonyl (C=O) groups excluding carboxylic acids is 1. The monoisotopic (exact) mass is 226 g/mol. The van der Waals surface area contributed by atoms with Gasteiger partial charge in [-0.15, -0.1) is 10.2 Å². The molecule has 1 aliphatic carbocycles. The zero-order valence-corrected chi connectivity index (χ0v) is 9.22. The lowest BCUT2D eigenvalue weighted by atomic mass is 9.82. The third-order valence-electron chi connectivity index (χ3n) is 2.78. The Morgan fingerprint density at radius 2 is 2.20 bits per heavy atom. The molecular formula is C9H14N4OS. The van der Waals surface area contributed by atoms with Crippen molar-refractivity contribution in [1.82, 2.24) is 10.2 Å². The standard InChI is InChI=1S/C9H14N4OS/c10-9(4-2-1-3-5-9)7(14)12-8-13-11-6-15-8/h6H,1-5,10H2,(H,12,13,14). The van der Waals surface area contributed by atoms with Crippen LogP contribution in [0.25, 0.3) is 0 Å². The van der Waals surface area contributed by atoms with Gasteiger partial charge >= 0.3 is 0 Å². The average Bonchev–Trinajstić information content (AvgIpc) is 2.71. The third kappa shape index (κ3) is 2.32. The molecule has 1 heterocycles. The van der Waals surface area contributed by atoms with Crippen molar-refractivity contribution in [3.8, 4) is 0 Å². The fraction of sp³-hybridized carbons (Fsp3) is 0.667. The molecule has 0 saturated heterocycles. The molecule has 0 aliphatic heterocycles. The molecule has 3 N–H and O–H groups in total. The van der Waals surface area contributed by atoms with Gasteiger partial charge in [-0.3, -0.25) is 10.1 Å². The maximum atomic E-state index is 11.9. The second kappa shape index (κ2) is 4.24. The number of nitrogens with one attached hydrogen (secondary N) is 1. The Morgan fingerprint density at radius 1 is 1.47 bits per heavy atom. The number of amides is 1. The molecule has 2 rings (SSSR count). The molecule has 15 heavy (non-hydrogen) atoms. The van der Waals surface area contributed by atoms with Crippen molar-refractivity contribution >= 4 is 22.4 Å². The Balaban J connectivity index is 2.00. The van der Waals surface area contributed by atoms with Crippen molar-refractivity contribution in [2.24, 2.45) is 5.73 Å². The van der Waals surface area contributed by atoms with Gasteiger partial charge in [0.25, 0.3) is 0 Å². The first-order chi connectivity index (χ1) is 7.21. The summed E-state index contributed by atoms with van der Waals surface area (Å²) in [5, 5.41) is 10.7. The molecule has 1 fully saturated rings. The summed E-state index contributed by atoms with van der Waals surface area (Å²) in [5.41, 5.74) is 6.94. The number of nitrogens with two attached hydrogens (primary N) is 1. The maximum absolute atomic E-state index is 11.9. The fourth-order valence-electron chi connectivity index (χ4n) is 1.86. The first kappa shape index (κ1) is 10.5. The van der Waals surface area contributed by atoms with E-state index in [0.29, 0.717) is 5.13 Å². The first-order valence-corrected chi connectivity index (χ1v) is 5.95. The van der Waals surface area contributed by atoms with E-state index in [1.807, 2.05) is 0 Å². The highest BCUT2D eigenvalue weighted by atomic mass is 32.1. The van der Waals surface area contributed by atoms with E-state index in [0.717, 1.165) is 25.7 Å². The third-order valence-corrected chi connectivity index (χ3v) is 3.39. The SMILES string of the molecule is NC1(C(=O)Nc2nncs2)CCCCC1. The van der Waals surface area contributed by atoms with E-state index in [1.54, 1.807) is 5.51 Å². The van der Waals surface area contributed by atoms with Crippen molar-refractivity contribution in [1.29, 1.82) is 0 Å². The summed E-state index contributed by atoms with van der Waals surface area (Å²) < 4.78 is 0. The van der Waals surface area contributed by atoms with Crippen LogP contribution in [0.15, 0.2) is 5.51 Å². The molecular weight excluding hydrogens is 212 g/mol. The lowest BCUT2D eigenvalue weighted by molar-refractivity contribution is -0.122. The van der Waals surface area contributed by atoms with Gasteiger partial charge < -0.3 is 5.73 Å². The minimum atomic E-state index is -0.704. The molecule has 1 saturated carbocycles. The Labute approximate surface area is 92.1 Å². The van der Waals surface area contributed by atoms with Gasteiger partial charge in [-0.25, -0.2) is 0 Å². The van der Waals surface area contributed by atoms with E-state index in [2.05, 4.69) is 15.5 Å². The summed E-state index contributed by atoms with van der Waals surface area (Å²) in [6.45, 7) is 0. The number of nitrogens with zero attached hydrogens (tertiary/aromatic N) is 2. The smallest absolute Gasteiger partial charge is 0.246 e. The molecule has 82 valence electrons. The van der Waals surface area contributed by atoms with Crippen LogP contribution in [0.4, 0.5) is 5.13 Å². The average molecular weight is 226 g/mol. The molecule has 1 aliphatic rings. The van der Waals surface area contributed by atoms with Crippen molar-refractivity contribution in [3.05, 3.63) is 5.51 Å². The highest BCUT2D eigenvalue weighted by molar-refractivity contribution is 7.13. The molecule has 1 amide bonds. The predicted molar refractivity (Wildman–Crippen MR) is 58.5 cm³/mol. The highest BCUT2D eigenvalue weighted by Crippen LogP contribution is 2.27. The molecule has 0 radical (unpaired) electrons. The van der Waals surface area contributed by atoms with Crippen LogP contribution < -0.4 is 11.1 Å². The van der Waals surface area contributed by atoms with Crippen LogP contribution in [0, 0.1) is 0 Å². The van der Waals surface area contributed by atoms with Crippen LogP contribution in [0.2, 0.25) is 0 Å². The van der Waals surface area contributed by atoms with Gasteiger partial charge in [-0.05, 0) is 12.8 Å². The number of aromatic nitrogens is 2. The van der Waals surface area contributed by atoms with Gasteiger partial charge in [0.2, 0.25) is 11.0 Å². The van der Waals surface area contributed by atoms with Gasteiger partial charge in [0.05, 0.1) is 5.54 Å². The second-order valence-corrected chi connectivity index (χ2v) is 4.75. The zero-order chi connectivity index (χ0) is 10.7. The van der Waals surface area contributed by atoms with E-state index < -0.39 is 5.54 Å². The van der Waals surface area contributed by atoms with Crippen molar-refractivity contribution in [3.63, 3.8) is 0 Å². The van der Waals surface area contributed by atoms with E-state index in [4.69, 9.17) is 5.73 Å². The molecule has 0 unspecified atom stereocenters. The zero-order valence-electron chi connectivity index (χ0n) is 8.40. The van der Waals surface area contributed by atoms with Gasteiger partial charge in [0.15, 0.2) is 0 Å². The molecule has 0 spiro atoms. The summed E-state index contributed by atoms with van der Waals surface area (Å²) >= 11 is 1.30. The van der Waals surface area contributed by atoms with Crippen LogP contribution in [0.3, 0.4) is 0 Å². The number of hydrogen-bond donors (Lipinski definition) is 2. The van der Waals surface area contributed by atoms with Gasteiger partial charge in [0.1, 0.15) is 5.51 Å². The molecule has 6 heteroatoms. The summed E-state index contributed by atoms with van der Waals surface area (Å²) in [6, 6.07) is 0. The lowest BCUT2D eigenvalue weighted by Gasteiger charge is -2.31. The Hall–Kier alpha value is -1.01. The Morgan fingerprint density at radius 3 is 2.80 bits per heavy atom. The summed E-state index contributed by atoms with van der Waals surface area (Å²) in [7, 11) is 0. The molecule has 5 nitrogen and oxygen atoms in total. The van der Waals surface area contributed by atoms with E-state index in [-0.39, 0.29) is 5.91 Å². The number of anilines is 1. The summed E-state index contributed by atoms with van der Waals surface area (Å²) in [4.78, 5) is 11.9. The molecule has 0 atom stereocenters. The van der Waals surface area contributed by atoms with Gasteiger partial charge in [-0.1, -0.05) is 30.6 Å². The summed E-state index contributed by atoms with van der Waals surface area (Å²) in [5.74, 6) is -0.126. The van der Waals surface area contributed by atoms with Crippen molar-refractivity contribution in [2.45, 2.75) is 37.6 Å². The largest absolute Gasteiger partial charge is 0.317 e. The van der Waals surface area contributed by atoms with Crippen LogP contribution in [-0.2, 0) is 4.79 Å². The maximum Gasteiger partial charge on any atom is 0.246 e. The topological polar surface area (TPSA) is 80.9 Å². The van der Waals surface area contributed by atoms with Crippen LogP contribution >= 0.6 is 11.3 Å². The molecule has 0 aromatic carbocycles. The van der Waals surface area contributed by atoms with Gasteiger partial charge in [0, 0.05) is 0 Å². The minimum absolute atomic E-state index is 0.126. The van der Waals surface area contributed by atoms with Crippen molar-refractivity contribution < 1.29 is 4.79 Å². The normalized spacial score (nSPS) is 19.8. The van der Waals surface area contributed by atoms with E-state index >= 15 is 0 Å². The predicted octanol–water partition coefficient (Wildman–Crippen LogP) is 1.14. The van der Waals surface area contributed by atoms with E-state index in [1.165, 1.54) is 17.8 Å². The number of carbonyl (C=O) groups is 1. The van der Waals surface area contributed by atoms with Crippen molar-refractivity contribution in [2.75, 3.05) is 5.32 Å². The highest BCUT2D eigenvalue weighted by Gasteiger charge is 2.35. The number of rotatable bonds is 2. The second-order valence-electron chi connectivity index (χ2n) is 3.91. The quantitative estimate of drug-likeness (QED) is 0.792. The van der Waals surface area contributed by atoms with Gasteiger partial charge in [-0.2, -0.15) is 0 Å². The Bertz CT molecular complexity index is 332. The molecule has 0 bridgehead atoms. The number of hydrogen-bond acceptors (Lipinski definition) is 5. The van der Waals surface area contributed by atoms with Crippen LogP contribution in [-0.4, -0.2) is 21.6 Å².